The van der Waals surface area contributed by atoms with Crippen LogP contribution in [-0.2, 0) is 78.6 Å². The van der Waals surface area contributed by atoms with Gasteiger partial charge in [-0.1, -0.05) is 24.3 Å². The summed E-state index contributed by atoms with van der Waals surface area (Å²) in [6, 6.07) is 21.8. The molecule has 0 spiro atoms. The standard InChI is InChI=1S/C40H46N12O19S8/c1-26-21-29(11-12-35(26)52-51-30-24-34-33(37(25-30)78(63,64)44-16-20-71-79(65,66)67)9-4-10-36(34)77(61,62)43-15-19-70-74(55)56)47-40-49-38(45-27-5-2-7-31(22-27)75(57,58)41-13-17-68-72-53)48-39(50-40)46-28-6-3-8-32(23-28)76(59,60)42-14-18-69-73-54/h2-12,21-25,41-44,53-54H,13-20H2,1H3,(H,55,56)(H,65,66,67)(H3,45,46,47,48,49,50). The van der Waals surface area contributed by atoms with Crippen LogP contribution in [0.2, 0.25) is 0 Å². The summed E-state index contributed by atoms with van der Waals surface area (Å²) in [6.07, 6.45) is 0. The molecule has 31 nitrogen and oxygen atoms in total. The van der Waals surface area contributed by atoms with Crippen molar-refractivity contribution < 1.29 is 81.2 Å². The van der Waals surface area contributed by atoms with Crippen LogP contribution in [0, 0.1) is 6.92 Å². The maximum Gasteiger partial charge on any atom is 0.397 e. The van der Waals surface area contributed by atoms with Crippen LogP contribution in [0.15, 0.2) is 127 Å². The first-order valence-corrected chi connectivity index (χ1v) is 31.7. The Morgan fingerprint density at radius 1 is 0.544 bits per heavy atom. The van der Waals surface area contributed by atoms with Crippen molar-refractivity contribution in [3.05, 3.63) is 103 Å². The number of hydrogen-bond acceptors (Lipinski definition) is 27. The van der Waals surface area contributed by atoms with E-state index in [1.807, 2.05) is 0 Å². The van der Waals surface area contributed by atoms with Gasteiger partial charge in [-0.15, -0.1) is 0 Å². The lowest BCUT2D eigenvalue weighted by Crippen LogP contribution is -2.29. The molecule has 1 heterocycles. The second-order valence-electron chi connectivity index (χ2n) is 15.4. The Morgan fingerprint density at radius 3 is 1.53 bits per heavy atom. The zero-order valence-electron chi connectivity index (χ0n) is 40.3. The third kappa shape index (κ3) is 19.1. The maximum atomic E-state index is 13.7. The molecule has 0 fully saturated rings. The van der Waals surface area contributed by atoms with E-state index in [0.717, 1.165) is 12.1 Å². The number of benzene rings is 5. The van der Waals surface area contributed by atoms with Gasteiger partial charge < -0.3 is 25.1 Å². The van der Waals surface area contributed by atoms with Crippen molar-refractivity contribution >= 4 is 144 Å². The monoisotopic (exact) mass is 1250 g/mol. The van der Waals surface area contributed by atoms with Crippen molar-refractivity contribution in [2.45, 2.75) is 26.5 Å². The summed E-state index contributed by atoms with van der Waals surface area (Å²) in [4.78, 5) is 12.1. The summed E-state index contributed by atoms with van der Waals surface area (Å²) < 4.78 is 202. The Bertz CT molecular complexity index is 3670. The highest BCUT2D eigenvalue weighted by Gasteiger charge is 2.25. The van der Waals surface area contributed by atoms with E-state index >= 15 is 0 Å². The van der Waals surface area contributed by atoms with Gasteiger partial charge in [0.1, 0.15) is 0 Å². The van der Waals surface area contributed by atoms with Gasteiger partial charge in [0.2, 0.25) is 57.9 Å². The maximum absolute atomic E-state index is 13.7. The van der Waals surface area contributed by atoms with Gasteiger partial charge in [-0.05, 0) is 85.3 Å². The van der Waals surface area contributed by atoms with E-state index in [-0.39, 0.29) is 112 Å². The van der Waals surface area contributed by atoms with Crippen molar-refractivity contribution in [1.29, 1.82) is 0 Å². The van der Waals surface area contributed by atoms with Gasteiger partial charge in [0.15, 0.2) is 24.6 Å². The molecule has 5 aromatic carbocycles. The Hall–Kier alpha value is -5.51. The van der Waals surface area contributed by atoms with Gasteiger partial charge in [-0.3, -0.25) is 21.7 Å². The number of aryl methyl sites for hydroxylation is 1. The summed E-state index contributed by atoms with van der Waals surface area (Å²) >= 11 is -2.52. The second-order valence-corrected chi connectivity index (χ2v) is 24.9. The van der Waals surface area contributed by atoms with Gasteiger partial charge in [0.05, 0.1) is 57.4 Å². The summed E-state index contributed by atoms with van der Waals surface area (Å²) in [5.74, 6) is -0.375. The van der Waals surface area contributed by atoms with Crippen LogP contribution in [-0.4, -0.2) is 132 Å². The number of fused-ring (bicyclic) bond motifs is 1. The number of hydrogen-bond donors (Lipinski definition) is 11. The number of rotatable bonds is 32. The Kier molecular flexibility index (Phi) is 22.4. The van der Waals surface area contributed by atoms with Crippen LogP contribution >= 0.6 is 24.6 Å². The van der Waals surface area contributed by atoms with E-state index in [0.29, 0.717) is 11.3 Å². The first-order chi connectivity index (χ1) is 37.4. The normalized spacial score (nSPS) is 13.0. The lowest BCUT2D eigenvalue weighted by atomic mass is 10.1. The molecule has 0 saturated carbocycles. The molecule has 6 aromatic rings. The third-order valence-corrected chi connectivity index (χ3v) is 17.2. The van der Waals surface area contributed by atoms with Crippen LogP contribution < -0.4 is 34.8 Å². The molecule has 0 bridgehead atoms. The van der Waals surface area contributed by atoms with E-state index in [1.54, 1.807) is 13.0 Å². The number of aromatic nitrogens is 3. The first-order valence-electron chi connectivity index (χ1n) is 22.0. The second kappa shape index (κ2) is 28.3. The fourth-order valence-electron chi connectivity index (χ4n) is 6.64. The van der Waals surface area contributed by atoms with E-state index in [9.17, 15) is 46.3 Å². The van der Waals surface area contributed by atoms with Crippen molar-refractivity contribution in [3.63, 3.8) is 0 Å². The third-order valence-electron chi connectivity index (χ3n) is 9.91. The van der Waals surface area contributed by atoms with E-state index in [4.69, 9.17) is 26.6 Å². The van der Waals surface area contributed by atoms with Gasteiger partial charge in [0, 0.05) is 54.0 Å². The molecule has 6 rings (SSSR count). The fraction of sp³-hybridized carbons (Fsp3) is 0.225. The summed E-state index contributed by atoms with van der Waals surface area (Å²) in [5.41, 5.74) is 1.25. The van der Waals surface area contributed by atoms with Crippen molar-refractivity contribution in [1.82, 2.24) is 33.8 Å². The largest absolute Gasteiger partial charge is 0.397 e. The molecule has 11 N–H and O–H groups in total. The highest BCUT2D eigenvalue weighted by Crippen LogP contribution is 2.35. The topological polar surface area (TPSA) is 453 Å². The average Bonchev–Trinajstić information content (AvgIpc) is 3.59. The zero-order chi connectivity index (χ0) is 57.4. The van der Waals surface area contributed by atoms with Crippen molar-refractivity contribution in [2.75, 3.05) is 68.6 Å². The fourth-order valence-corrected chi connectivity index (χ4v) is 12.1. The molecule has 0 saturated heterocycles. The van der Waals surface area contributed by atoms with E-state index < -0.39 is 97.9 Å². The minimum atomic E-state index is -4.93. The first kappa shape index (κ1) is 62.7. The van der Waals surface area contributed by atoms with Crippen molar-refractivity contribution in [2.24, 2.45) is 10.2 Å². The molecule has 79 heavy (non-hydrogen) atoms. The molecule has 1 atom stereocenters. The Labute approximate surface area is 463 Å². The lowest BCUT2D eigenvalue weighted by Gasteiger charge is -2.14. The highest BCUT2D eigenvalue weighted by atomic mass is 32.3. The predicted molar refractivity (Wildman–Crippen MR) is 289 cm³/mol. The number of sulfonamides is 4. The average molecular weight is 1260 g/mol. The minimum absolute atomic E-state index is 0.0835. The summed E-state index contributed by atoms with van der Waals surface area (Å²) in [5, 5.41) is 17.1. The molecule has 1 unspecified atom stereocenters. The van der Waals surface area contributed by atoms with Crippen LogP contribution in [0.3, 0.4) is 0 Å². The molecule has 0 radical (unpaired) electrons. The Balaban J connectivity index is 1.33. The molecule has 0 amide bonds. The van der Waals surface area contributed by atoms with E-state index in [1.165, 1.54) is 78.9 Å². The van der Waals surface area contributed by atoms with Gasteiger partial charge in [0.25, 0.3) is 0 Å². The van der Waals surface area contributed by atoms with E-state index in [2.05, 4.69) is 68.4 Å². The van der Waals surface area contributed by atoms with Crippen LogP contribution in [0.5, 0.6) is 0 Å². The molecule has 428 valence electrons. The van der Waals surface area contributed by atoms with Crippen LogP contribution in [0.25, 0.3) is 10.8 Å². The van der Waals surface area contributed by atoms with Gasteiger partial charge >= 0.3 is 21.8 Å². The number of nitrogens with one attached hydrogen (secondary N) is 7. The molecular formula is C40H46N12O19S8. The van der Waals surface area contributed by atoms with Gasteiger partial charge in [-0.25, -0.2) is 56.7 Å². The quantitative estimate of drug-likeness (QED) is 0.00919. The molecule has 0 aliphatic carbocycles. The smallest absolute Gasteiger partial charge is 0.324 e. The molecule has 39 heteroatoms. The summed E-state index contributed by atoms with van der Waals surface area (Å²) in [6.45, 7) is -1.40. The molecular weight excluding hydrogens is 1210 g/mol. The summed E-state index contributed by atoms with van der Waals surface area (Å²) in [7, 11) is -22.2. The van der Waals surface area contributed by atoms with Crippen molar-refractivity contribution in [3.8, 4) is 0 Å². The lowest BCUT2D eigenvalue weighted by molar-refractivity contribution is 0.272. The van der Waals surface area contributed by atoms with Gasteiger partial charge in [-0.2, -0.15) is 37.8 Å². The molecule has 0 aliphatic rings. The minimum Gasteiger partial charge on any atom is -0.324 e. The number of azo groups is 1. The zero-order valence-corrected chi connectivity index (χ0v) is 46.8. The SMILES string of the molecule is Cc1cc(Nc2nc(Nc3cccc(S(=O)(=O)NCCOSO)c3)nc(Nc3cccc(S(=O)(=O)NCCOSO)c3)n2)ccc1N=Nc1cc(S(=O)(=O)NCCOS(=O)(=O)O)c2cccc(S(=O)(=O)NCCOS(=O)O)c2c1. The highest BCUT2D eigenvalue weighted by molar-refractivity contribution is 7.91. The number of nitrogens with zero attached hydrogens (tertiary/aromatic N) is 5. The number of anilines is 6. The predicted octanol–water partition coefficient (Wildman–Crippen LogP) is 4.34. The molecule has 0 aliphatic heterocycles. The Morgan fingerprint density at radius 2 is 1.03 bits per heavy atom. The van der Waals surface area contributed by atoms with Crippen LogP contribution in [0.4, 0.5) is 46.3 Å². The molecule has 1 aromatic heterocycles. The van der Waals surface area contributed by atoms with Crippen LogP contribution in [0.1, 0.15) is 5.56 Å².